The third-order valence-corrected chi connectivity index (χ3v) is 4.04. The Kier molecular flexibility index (Phi) is 6.60. The molecule has 0 aliphatic heterocycles. The van der Waals surface area contributed by atoms with E-state index in [0.717, 1.165) is 23.3 Å². The van der Waals surface area contributed by atoms with Crippen LogP contribution in [0.1, 0.15) is 34.8 Å². The molecule has 2 amide bonds. The van der Waals surface area contributed by atoms with E-state index in [2.05, 4.69) is 5.32 Å². The quantitative estimate of drug-likeness (QED) is 0.766. The van der Waals surface area contributed by atoms with Gasteiger partial charge in [0, 0.05) is 12.1 Å². The largest absolute Gasteiger partial charge is 0.329 e. The summed E-state index contributed by atoms with van der Waals surface area (Å²) in [6.45, 7) is 5.56. The van der Waals surface area contributed by atoms with Gasteiger partial charge in [0.25, 0.3) is 5.91 Å². The molecule has 2 rings (SSSR count). The zero-order valence-corrected chi connectivity index (χ0v) is 15.4. The number of nitrogens with zero attached hydrogens (tertiary/aromatic N) is 1. The molecule has 0 heterocycles. The molecule has 2 aromatic rings. The topological polar surface area (TPSA) is 49.4 Å². The minimum absolute atomic E-state index is 0.319. The van der Waals surface area contributed by atoms with Crippen LogP contribution in [0.5, 0.6) is 0 Å². The van der Waals surface area contributed by atoms with Crippen LogP contribution < -0.4 is 5.32 Å². The van der Waals surface area contributed by atoms with Gasteiger partial charge in [0.05, 0.1) is 5.69 Å². The first-order valence-corrected chi connectivity index (χ1v) is 8.54. The van der Waals surface area contributed by atoms with E-state index in [-0.39, 0.29) is 12.5 Å². The molecule has 0 atom stereocenters. The van der Waals surface area contributed by atoms with Crippen molar-refractivity contribution in [3.05, 3.63) is 64.5 Å². The van der Waals surface area contributed by atoms with Gasteiger partial charge in [-0.3, -0.25) is 9.59 Å². The van der Waals surface area contributed by atoms with Crippen molar-refractivity contribution in [1.82, 2.24) is 4.90 Å². The molecule has 2 aromatic carbocycles. The van der Waals surface area contributed by atoms with Gasteiger partial charge in [0.2, 0.25) is 5.91 Å². The average molecular weight is 378 g/mol. The monoisotopic (exact) mass is 378 g/mol. The molecular weight excluding hydrogens is 357 g/mol. The Bertz CT molecular complexity index is 869. The fourth-order valence-electron chi connectivity index (χ4n) is 2.73. The Labute approximate surface area is 156 Å². The minimum Gasteiger partial charge on any atom is -0.329 e. The third-order valence-electron chi connectivity index (χ3n) is 4.04. The van der Waals surface area contributed by atoms with E-state index in [1.165, 1.54) is 4.90 Å². The number of hydrogen-bond acceptors (Lipinski definition) is 2. The highest BCUT2D eigenvalue weighted by molar-refractivity contribution is 6.00. The Morgan fingerprint density at radius 2 is 1.74 bits per heavy atom. The molecule has 0 unspecified atom stereocenters. The van der Waals surface area contributed by atoms with Crippen molar-refractivity contribution in [3.63, 3.8) is 0 Å². The van der Waals surface area contributed by atoms with Crippen molar-refractivity contribution in [2.75, 3.05) is 18.4 Å². The van der Waals surface area contributed by atoms with E-state index in [1.54, 1.807) is 19.1 Å². The molecule has 0 fully saturated rings. The highest BCUT2D eigenvalue weighted by Gasteiger charge is 2.21. The van der Waals surface area contributed by atoms with Gasteiger partial charge in [-0.05, 0) is 44.0 Å². The normalized spacial score (nSPS) is 10.6. The molecule has 4 nitrogen and oxygen atoms in total. The first-order chi connectivity index (χ1) is 12.7. The van der Waals surface area contributed by atoms with Gasteiger partial charge in [0.1, 0.15) is 6.54 Å². The number of nitrogens with one attached hydrogen (secondary N) is 1. The lowest BCUT2D eigenvalue weighted by Crippen LogP contribution is -2.39. The Morgan fingerprint density at radius 3 is 2.37 bits per heavy atom. The summed E-state index contributed by atoms with van der Waals surface area (Å²) in [5, 5.41) is 2.18. The van der Waals surface area contributed by atoms with Gasteiger partial charge in [0.15, 0.2) is 17.5 Å². The molecule has 7 heteroatoms. The van der Waals surface area contributed by atoms with Crippen molar-refractivity contribution in [2.24, 2.45) is 0 Å². The van der Waals surface area contributed by atoms with Crippen molar-refractivity contribution in [3.8, 4) is 0 Å². The van der Waals surface area contributed by atoms with Gasteiger partial charge in [-0.25, -0.2) is 13.2 Å². The second kappa shape index (κ2) is 8.70. The van der Waals surface area contributed by atoms with Crippen LogP contribution in [0, 0.1) is 31.3 Å². The maximum absolute atomic E-state index is 13.7. The molecule has 0 aromatic heterocycles. The number of carbonyl (C=O) groups is 2. The number of rotatable bonds is 6. The maximum Gasteiger partial charge on any atom is 0.254 e. The van der Waals surface area contributed by atoms with E-state index < -0.39 is 29.0 Å². The summed E-state index contributed by atoms with van der Waals surface area (Å²) in [6.07, 6.45) is 0.615. The van der Waals surface area contributed by atoms with Gasteiger partial charge in [-0.15, -0.1) is 0 Å². The molecule has 0 radical (unpaired) electrons. The molecule has 0 spiro atoms. The Morgan fingerprint density at radius 1 is 1.04 bits per heavy atom. The maximum atomic E-state index is 13.7. The lowest BCUT2D eigenvalue weighted by molar-refractivity contribution is -0.116. The second-order valence-electron chi connectivity index (χ2n) is 6.32. The molecule has 27 heavy (non-hydrogen) atoms. The van der Waals surface area contributed by atoms with Crippen LogP contribution in [0.2, 0.25) is 0 Å². The number of aryl methyl sites for hydroxylation is 2. The third kappa shape index (κ3) is 4.87. The fourth-order valence-corrected chi connectivity index (χ4v) is 2.73. The predicted molar refractivity (Wildman–Crippen MR) is 97.1 cm³/mol. The van der Waals surface area contributed by atoms with E-state index in [0.29, 0.717) is 18.5 Å². The van der Waals surface area contributed by atoms with Gasteiger partial charge in [-0.2, -0.15) is 0 Å². The summed E-state index contributed by atoms with van der Waals surface area (Å²) < 4.78 is 40.0. The molecule has 1 N–H and O–H groups in total. The summed E-state index contributed by atoms with van der Waals surface area (Å²) in [5.74, 6) is -5.51. The summed E-state index contributed by atoms with van der Waals surface area (Å²) in [7, 11) is 0. The first kappa shape index (κ1) is 20.5. The first-order valence-electron chi connectivity index (χ1n) is 8.54. The van der Waals surface area contributed by atoms with Crippen LogP contribution in [0.25, 0.3) is 0 Å². The standard InChI is InChI=1S/C20H21F3N2O2/c1-4-9-25(20(27)14-6-5-12(2)10-13(14)3)11-17(26)24-16-8-7-15(21)18(22)19(16)23/h5-8,10H,4,9,11H2,1-3H3,(H,24,26). The summed E-state index contributed by atoms with van der Waals surface area (Å²) in [5.41, 5.74) is 1.79. The van der Waals surface area contributed by atoms with Crippen LogP contribution in [-0.4, -0.2) is 29.8 Å². The van der Waals surface area contributed by atoms with Crippen LogP contribution in [0.15, 0.2) is 30.3 Å². The van der Waals surface area contributed by atoms with Crippen molar-refractivity contribution in [2.45, 2.75) is 27.2 Å². The van der Waals surface area contributed by atoms with Crippen molar-refractivity contribution in [1.29, 1.82) is 0 Å². The number of benzene rings is 2. The molecule has 0 saturated carbocycles. The summed E-state index contributed by atoms with van der Waals surface area (Å²) in [6, 6.07) is 7.03. The lowest BCUT2D eigenvalue weighted by Gasteiger charge is -2.22. The Hall–Kier alpha value is -2.83. The minimum atomic E-state index is -1.66. The smallest absolute Gasteiger partial charge is 0.254 e. The second-order valence-corrected chi connectivity index (χ2v) is 6.32. The Balaban J connectivity index is 2.16. The van der Waals surface area contributed by atoms with Crippen LogP contribution in [0.3, 0.4) is 0 Å². The van der Waals surface area contributed by atoms with E-state index in [4.69, 9.17) is 0 Å². The number of carbonyl (C=O) groups excluding carboxylic acids is 2. The fraction of sp³-hybridized carbons (Fsp3) is 0.300. The van der Waals surface area contributed by atoms with Crippen molar-refractivity contribution < 1.29 is 22.8 Å². The average Bonchev–Trinajstić information content (AvgIpc) is 2.61. The van der Waals surface area contributed by atoms with Crippen molar-refractivity contribution >= 4 is 17.5 Å². The number of amides is 2. The number of hydrogen-bond donors (Lipinski definition) is 1. The molecule has 0 aliphatic carbocycles. The van der Waals surface area contributed by atoms with E-state index >= 15 is 0 Å². The molecule has 0 saturated heterocycles. The van der Waals surface area contributed by atoms with Gasteiger partial charge < -0.3 is 10.2 Å². The zero-order chi connectivity index (χ0) is 20.1. The number of anilines is 1. The molecule has 0 aliphatic rings. The molecule has 0 bridgehead atoms. The zero-order valence-electron chi connectivity index (χ0n) is 15.4. The molecule has 144 valence electrons. The highest BCUT2D eigenvalue weighted by atomic mass is 19.2. The molecular formula is C20H21F3N2O2. The van der Waals surface area contributed by atoms with Gasteiger partial charge in [-0.1, -0.05) is 24.6 Å². The van der Waals surface area contributed by atoms with E-state index in [1.807, 2.05) is 19.9 Å². The number of halogens is 3. The predicted octanol–water partition coefficient (Wildman–Crippen LogP) is 4.21. The van der Waals surface area contributed by atoms with Gasteiger partial charge >= 0.3 is 0 Å². The summed E-state index contributed by atoms with van der Waals surface area (Å²) >= 11 is 0. The van der Waals surface area contributed by atoms with E-state index in [9.17, 15) is 22.8 Å². The lowest BCUT2D eigenvalue weighted by atomic mass is 10.0. The summed E-state index contributed by atoms with van der Waals surface area (Å²) in [4.78, 5) is 26.4. The SMILES string of the molecule is CCCN(CC(=O)Nc1ccc(F)c(F)c1F)C(=O)c1ccc(C)cc1C. The van der Waals surface area contributed by atoms with Crippen LogP contribution in [0.4, 0.5) is 18.9 Å². The van der Waals surface area contributed by atoms with Crippen LogP contribution >= 0.6 is 0 Å². The highest BCUT2D eigenvalue weighted by Crippen LogP contribution is 2.20. The van der Waals surface area contributed by atoms with Crippen LogP contribution in [-0.2, 0) is 4.79 Å².